The summed E-state index contributed by atoms with van der Waals surface area (Å²) < 4.78 is 0. The van der Waals surface area contributed by atoms with Gasteiger partial charge in [0.05, 0.1) is 5.75 Å². The molecular formula is C19H31N5O2S. The molecule has 2 saturated heterocycles. The standard InChI is InChI=1S/C19H31N5O2S/c1-14(2)6-10-24-13-19(8-5-16(24)25)7-4-9-23(12-19)17(26)11-27-18-20-15(3)21-22-18/h14H,4-13H2,1-3H3,(H,20,21,22). The van der Waals surface area contributed by atoms with E-state index in [-0.39, 0.29) is 17.2 Å². The van der Waals surface area contributed by atoms with Gasteiger partial charge in [-0.1, -0.05) is 25.6 Å². The van der Waals surface area contributed by atoms with E-state index in [0.717, 1.165) is 57.7 Å². The molecule has 0 aromatic carbocycles. The van der Waals surface area contributed by atoms with E-state index in [2.05, 4.69) is 29.0 Å². The molecule has 1 unspecified atom stereocenters. The van der Waals surface area contributed by atoms with Gasteiger partial charge in [-0.2, -0.15) is 0 Å². The third-order valence-electron chi connectivity index (χ3n) is 5.64. The number of nitrogens with one attached hydrogen (secondary N) is 1. The molecule has 2 aliphatic heterocycles. The minimum absolute atomic E-state index is 0.0740. The summed E-state index contributed by atoms with van der Waals surface area (Å²) in [5, 5.41) is 7.51. The first-order valence-corrected chi connectivity index (χ1v) is 10.9. The van der Waals surface area contributed by atoms with E-state index in [0.29, 0.717) is 23.2 Å². The Hall–Kier alpha value is -1.57. The average Bonchev–Trinajstić information content (AvgIpc) is 3.06. The summed E-state index contributed by atoms with van der Waals surface area (Å²) in [5.74, 6) is 2.14. The van der Waals surface area contributed by atoms with Crippen LogP contribution in [0.3, 0.4) is 0 Å². The maximum Gasteiger partial charge on any atom is 0.233 e. The van der Waals surface area contributed by atoms with Gasteiger partial charge in [-0.25, -0.2) is 4.98 Å². The van der Waals surface area contributed by atoms with Crippen molar-refractivity contribution in [3.8, 4) is 0 Å². The Kier molecular flexibility index (Phi) is 6.44. The van der Waals surface area contributed by atoms with E-state index in [9.17, 15) is 9.59 Å². The van der Waals surface area contributed by atoms with Gasteiger partial charge in [0.2, 0.25) is 17.0 Å². The second-order valence-corrected chi connectivity index (χ2v) is 9.35. The van der Waals surface area contributed by atoms with Crippen molar-refractivity contribution in [3.63, 3.8) is 0 Å². The van der Waals surface area contributed by atoms with Crippen molar-refractivity contribution in [1.82, 2.24) is 25.0 Å². The van der Waals surface area contributed by atoms with Crippen molar-refractivity contribution in [2.24, 2.45) is 11.3 Å². The molecule has 150 valence electrons. The minimum atomic E-state index is 0.0740. The predicted octanol–water partition coefficient (Wildman–Crippen LogP) is 2.48. The average molecular weight is 394 g/mol. The van der Waals surface area contributed by atoms with Crippen LogP contribution in [0.5, 0.6) is 0 Å². The molecule has 2 fully saturated rings. The minimum Gasteiger partial charge on any atom is -0.342 e. The van der Waals surface area contributed by atoms with Crippen LogP contribution in [0.4, 0.5) is 0 Å². The molecular weight excluding hydrogens is 362 g/mol. The maximum atomic E-state index is 12.7. The molecule has 0 bridgehead atoms. The third kappa shape index (κ3) is 5.24. The third-order valence-corrected chi connectivity index (χ3v) is 6.47. The van der Waals surface area contributed by atoms with Gasteiger partial charge in [-0.15, -0.1) is 5.10 Å². The topological polar surface area (TPSA) is 82.2 Å². The Balaban J connectivity index is 1.57. The Bertz CT molecular complexity index is 677. The Labute approximate surface area is 165 Å². The zero-order valence-corrected chi connectivity index (χ0v) is 17.5. The fourth-order valence-corrected chi connectivity index (χ4v) is 4.83. The quantitative estimate of drug-likeness (QED) is 0.751. The highest BCUT2D eigenvalue weighted by Gasteiger charge is 2.42. The monoisotopic (exact) mass is 393 g/mol. The van der Waals surface area contributed by atoms with Gasteiger partial charge in [-0.3, -0.25) is 14.7 Å². The van der Waals surface area contributed by atoms with E-state index in [4.69, 9.17) is 0 Å². The number of nitrogens with zero attached hydrogens (tertiary/aromatic N) is 4. The second kappa shape index (κ2) is 8.63. The van der Waals surface area contributed by atoms with Crippen molar-refractivity contribution in [2.75, 3.05) is 31.9 Å². The molecule has 1 aromatic rings. The van der Waals surface area contributed by atoms with Crippen LogP contribution >= 0.6 is 11.8 Å². The van der Waals surface area contributed by atoms with E-state index >= 15 is 0 Å². The summed E-state index contributed by atoms with van der Waals surface area (Å²) in [6, 6.07) is 0. The van der Waals surface area contributed by atoms with Crippen LogP contribution in [0.25, 0.3) is 0 Å². The molecule has 8 heteroatoms. The molecule has 2 aliphatic rings. The molecule has 1 aromatic heterocycles. The summed E-state index contributed by atoms with van der Waals surface area (Å²) in [4.78, 5) is 33.3. The zero-order chi connectivity index (χ0) is 19.4. The summed E-state index contributed by atoms with van der Waals surface area (Å²) in [6.07, 6.45) is 4.68. The number of aromatic amines is 1. The lowest BCUT2D eigenvalue weighted by molar-refractivity contribution is -0.142. The summed E-state index contributed by atoms with van der Waals surface area (Å²) in [6.45, 7) is 9.46. The number of aryl methyl sites for hydroxylation is 1. The molecule has 1 atom stereocenters. The fourth-order valence-electron chi connectivity index (χ4n) is 4.08. The number of thioether (sulfide) groups is 1. The van der Waals surface area contributed by atoms with Crippen LogP contribution in [0, 0.1) is 18.3 Å². The van der Waals surface area contributed by atoms with Crippen LogP contribution in [0.15, 0.2) is 5.16 Å². The molecule has 3 rings (SSSR count). The predicted molar refractivity (Wildman–Crippen MR) is 105 cm³/mol. The smallest absolute Gasteiger partial charge is 0.233 e. The number of hydrogen-bond donors (Lipinski definition) is 1. The van der Waals surface area contributed by atoms with Crippen LogP contribution in [-0.4, -0.2) is 68.7 Å². The number of H-pyrrole nitrogens is 1. The normalized spacial score (nSPS) is 23.5. The van der Waals surface area contributed by atoms with Gasteiger partial charge in [0.1, 0.15) is 5.82 Å². The maximum absolute atomic E-state index is 12.7. The summed E-state index contributed by atoms with van der Waals surface area (Å²) in [5.41, 5.74) is 0.0740. The highest BCUT2D eigenvalue weighted by Crippen LogP contribution is 2.39. The van der Waals surface area contributed by atoms with Gasteiger partial charge in [0, 0.05) is 38.0 Å². The summed E-state index contributed by atoms with van der Waals surface area (Å²) in [7, 11) is 0. The van der Waals surface area contributed by atoms with Gasteiger partial charge in [-0.05, 0) is 38.5 Å². The molecule has 3 heterocycles. The van der Waals surface area contributed by atoms with Crippen molar-refractivity contribution in [2.45, 2.75) is 58.0 Å². The van der Waals surface area contributed by atoms with Gasteiger partial charge >= 0.3 is 0 Å². The highest BCUT2D eigenvalue weighted by atomic mass is 32.2. The molecule has 7 nitrogen and oxygen atoms in total. The Morgan fingerprint density at radius 2 is 2.15 bits per heavy atom. The van der Waals surface area contributed by atoms with Crippen molar-refractivity contribution < 1.29 is 9.59 Å². The number of likely N-dealkylation sites (tertiary alicyclic amines) is 2. The Morgan fingerprint density at radius 3 is 2.85 bits per heavy atom. The fraction of sp³-hybridized carbons (Fsp3) is 0.789. The molecule has 1 spiro atoms. The first-order valence-electron chi connectivity index (χ1n) is 9.94. The van der Waals surface area contributed by atoms with Crippen LogP contribution < -0.4 is 0 Å². The molecule has 0 radical (unpaired) electrons. The van der Waals surface area contributed by atoms with Gasteiger partial charge in [0.15, 0.2) is 0 Å². The van der Waals surface area contributed by atoms with Crippen molar-refractivity contribution in [1.29, 1.82) is 0 Å². The first kappa shape index (κ1) is 20.2. The lowest BCUT2D eigenvalue weighted by Gasteiger charge is -2.48. The highest BCUT2D eigenvalue weighted by molar-refractivity contribution is 7.99. The number of amides is 2. The van der Waals surface area contributed by atoms with Crippen LogP contribution in [0.1, 0.15) is 51.8 Å². The number of aromatic nitrogens is 3. The lowest BCUT2D eigenvalue weighted by atomic mass is 9.73. The van der Waals surface area contributed by atoms with E-state index in [1.54, 1.807) is 0 Å². The molecule has 2 amide bonds. The Morgan fingerprint density at radius 1 is 1.33 bits per heavy atom. The number of carbonyl (C=O) groups excluding carboxylic acids is 2. The van der Waals surface area contributed by atoms with Crippen molar-refractivity contribution >= 4 is 23.6 Å². The van der Waals surface area contributed by atoms with Crippen molar-refractivity contribution in [3.05, 3.63) is 5.82 Å². The second-order valence-electron chi connectivity index (χ2n) is 8.41. The zero-order valence-electron chi connectivity index (χ0n) is 16.7. The lowest BCUT2D eigenvalue weighted by Crippen LogP contribution is -2.55. The molecule has 27 heavy (non-hydrogen) atoms. The molecule has 0 aliphatic carbocycles. The number of rotatable bonds is 6. The summed E-state index contributed by atoms with van der Waals surface area (Å²) >= 11 is 1.38. The van der Waals surface area contributed by atoms with E-state index < -0.39 is 0 Å². The van der Waals surface area contributed by atoms with Crippen LogP contribution in [-0.2, 0) is 9.59 Å². The number of piperidine rings is 2. The van der Waals surface area contributed by atoms with E-state index in [1.807, 2.05) is 16.7 Å². The van der Waals surface area contributed by atoms with E-state index in [1.165, 1.54) is 11.8 Å². The SMILES string of the molecule is Cc1nc(SCC(=O)N2CCCC3(CCC(=O)N(CCC(C)C)C3)C2)n[nH]1. The first-order chi connectivity index (χ1) is 12.9. The molecule has 0 saturated carbocycles. The number of carbonyl (C=O) groups is 2. The van der Waals surface area contributed by atoms with Crippen LogP contribution in [0.2, 0.25) is 0 Å². The van der Waals surface area contributed by atoms with Gasteiger partial charge in [0.25, 0.3) is 0 Å². The molecule has 1 N–H and O–H groups in total. The number of hydrogen-bond acceptors (Lipinski definition) is 5. The largest absolute Gasteiger partial charge is 0.342 e. The van der Waals surface area contributed by atoms with Gasteiger partial charge < -0.3 is 9.80 Å².